The van der Waals surface area contributed by atoms with E-state index in [1.165, 1.54) is 6.07 Å². The van der Waals surface area contributed by atoms with E-state index in [9.17, 15) is 4.79 Å². The molecule has 0 atom stereocenters. The van der Waals surface area contributed by atoms with Crippen molar-refractivity contribution in [3.05, 3.63) is 42.0 Å². The van der Waals surface area contributed by atoms with Gasteiger partial charge in [0.15, 0.2) is 5.16 Å². The van der Waals surface area contributed by atoms with Crippen LogP contribution in [-0.4, -0.2) is 21.7 Å². The number of hydrogen-bond donors (Lipinski definition) is 2. The van der Waals surface area contributed by atoms with Crippen molar-refractivity contribution < 1.29 is 9.53 Å². The predicted molar refractivity (Wildman–Crippen MR) is 77.8 cm³/mol. The van der Waals surface area contributed by atoms with Gasteiger partial charge in [-0.05, 0) is 5.56 Å². The molecule has 0 aliphatic rings. The third kappa shape index (κ3) is 4.43. The Bertz CT molecular complexity index is 572. The van der Waals surface area contributed by atoms with Gasteiger partial charge in [0.05, 0.1) is 5.75 Å². The van der Waals surface area contributed by atoms with Gasteiger partial charge in [0, 0.05) is 6.07 Å². The molecule has 0 amide bonds. The van der Waals surface area contributed by atoms with Crippen LogP contribution >= 0.6 is 11.8 Å². The molecule has 1 aromatic carbocycles. The van der Waals surface area contributed by atoms with Crippen LogP contribution in [0.1, 0.15) is 5.56 Å². The van der Waals surface area contributed by atoms with Gasteiger partial charge in [0.2, 0.25) is 0 Å². The largest absolute Gasteiger partial charge is 0.460 e. The standard InChI is InChI=1S/C13H14N4O2S/c14-10-6-11(15)17-13(16-10)20-8-12(18)19-7-9-4-2-1-3-5-9/h1-6H,7-8H2,(H4,14,15,16,17). The highest BCUT2D eigenvalue weighted by Gasteiger charge is 2.07. The molecule has 0 spiro atoms. The number of esters is 1. The van der Waals surface area contributed by atoms with Crippen LogP contribution in [0.3, 0.4) is 0 Å². The van der Waals surface area contributed by atoms with Crippen LogP contribution in [0.25, 0.3) is 0 Å². The molecule has 104 valence electrons. The Hall–Kier alpha value is -2.28. The van der Waals surface area contributed by atoms with Gasteiger partial charge in [0.25, 0.3) is 0 Å². The van der Waals surface area contributed by atoms with Crippen LogP contribution in [0.4, 0.5) is 11.6 Å². The number of nitrogen functional groups attached to an aromatic ring is 2. The molecular weight excluding hydrogens is 276 g/mol. The van der Waals surface area contributed by atoms with Crippen molar-refractivity contribution in [2.75, 3.05) is 17.2 Å². The molecule has 0 radical (unpaired) electrons. The highest BCUT2D eigenvalue weighted by atomic mass is 32.2. The van der Waals surface area contributed by atoms with Crippen molar-refractivity contribution >= 4 is 29.4 Å². The minimum atomic E-state index is -0.344. The average molecular weight is 290 g/mol. The maximum Gasteiger partial charge on any atom is 0.316 e. The van der Waals surface area contributed by atoms with Crippen molar-refractivity contribution in [2.45, 2.75) is 11.8 Å². The summed E-state index contributed by atoms with van der Waals surface area (Å²) in [5.41, 5.74) is 12.0. The van der Waals surface area contributed by atoms with Crippen LogP contribution in [0.15, 0.2) is 41.6 Å². The topological polar surface area (TPSA) is 104 Å². The summed E-state index contributed by atoms with van der Waals surface area (Å²) < 4.78 is 5.13. The molecular formula is C13H14N4O2S. The number of nitrogens with zero attached hydrogens (tertiary/aromatic N) is 2. The maximum atomic E-state index is 11.6. The Morgan fingerprint density at radius 2 is 1.80 bits per heavy atom. The van der Waals surface area contributed by atoms with Crippen molar-refractivity contribution in [1.29, 1.82) is 0 Å². The monoisotopic (exact) mass is 290 g/mol. The Kier molecular flexibility index (Phi) is 4.78. The highest BCUT2D eigenvalue weighted by molar-refractivity contribution is 7.99. The van der Waals surface area contributed by atoms with Gasteiger partial charge in [-0.2, -0.15) is 0 Å². The maximum absolute atomic E-state index is 11.6. The fourth-order valence-electron chi connectivity index (χ4n) is 1.43. The van der Waals surface area contributed by atoms with Crippen LogP contribution in [-0.2, 0) is 16.1 Å². The Morgan fingerprint density at radius 1 is 1.15 bits per heavy atom. The lowest BCUT2D eigenvalue weighted by atomic mass is 10.2. The second-order valence-electron chi connectivity index (χ2n) is 3.94. The number of nitrogens with two attached hydrogens (primary N) is 2. The van der Waals surface area contributed by atoms with Gasteiger partial charge in [-0.1, -0.05) is 42.1 Å². The van der Waals surface area contributed by atoms with E-state index in [0.29, 0.717) is 5.16 Å². The number of carbonyl (C=O) groups is 1. The number of rotatable bonds is 5. The summed E-state index contributed by atoms with van der Waals surface area (Å²) in [4.78, 5) is 19.5. The summed E-state index contributed by atoms with van der Waals surface area (Å²) in [5.74, 6) is 0.314. The van der Waals surface area contributed by atoms with Crippen LogP contribution in [0.5, 0.6) is 0 Å². The molecule has 1 aromatic heterocycles. The molecule has 0 fully saturated rings. The first-order chi connectivity index (χ1) is 9.63. The molecule has 1 heterocycles. The predicted octanol–water partition coefficient (Wildman–Crippen LogP) is 1.48. The average Bonchev–Trinajstić information content (AvgIpc) is 2.43. The molecule has 6 nitrogen and oxygen atoms in total. The van der Waals surface area contributed by atoms with E-state index in [1.54, 1.807) is 0 Å². The molecule has 0 saturated carbocycles. The van der Waals surface area contributed by atoms with E-state index in [0.717, 1.165) is 17.3 Å². The van der Waals surface area contributed by atoms with E-state index in [2.05, 4.69) is 9.97 Å². The fraction of sp³-hybridized carbons (Fsp3) is 0.154. The van der Waals surface area contributed by atoms with Gasteiger partial charge in [-0.25, -0.2) is 9.97 Å². The van der Waals surface area contributed by atoms with Crippen molar-refractivity contribution in [1.82, 2.24) is 9.97 Å². The van der Waals surface area contributed by atoms with Crippen LogP contribution in [0, 0.1) is 0 Å². The SMILES string of the molecule is Nc1cc(N)nc(SCC(=O)OCc2ccccc2)n1. The molecule has 0 unspecified atom stereocenters. The lowest BCUT2D eigenvalue weighted by Gasteiger charge is -2.05. The number of benzene rings is 1. The smallest absolute Gasteiger partial charge is 0.316 e. The second-order valence-corrected chi connectivity index (χ2v) is 4.88. The van der Waals surface area contributed by atoms with E-state index in [-0.39, 0.29) is 30.0 Å². The fourth-order valence-corrected chi connectivity index (χ4v) is 2.10. The third-order valence-electron chi connectivity index (χ3n) is 2.31. The Balaban J connectivity index is 1.80. The number of thioether (sulfide) groups is 1. The van der Waals surface area contributed by atoms with Gasteiger partial charge >= 0.3 is 5.97 Å². The van der Waals surface area contributed by atoms with E-state index < -0.39 is 0 Å². The molecule has 7 heteroatoms. The van der Waals surface area contributed by atoms with E-state index in [1.807, 2.05) is 30.3 Å². The third-order valence-corrected chi connectivity index (χ3v) is 3.13. The molecule has 4 N–H and O–H groups in total. The molecule has 20 heavy (non-hydrogen) atoms. The van der Waals surface area contributed by atoms with Crippen molar-refractivity contribution in [3.63, 3.8) is 0 Å². The van der Waals surface area contributed by atoms with Gasteiger partial charge in [0.1, 0.15) is 18.2 Å². The molecule has 2 aromatic rings. The number of ether oxygens (including phenoxy) is 1. The van der Waals surface area contributed by atoms with Gasteiger partial charge in [-0.15, -0.1) is 0 Å². The first-order valence-electron chi connectivity index (χ1n) is 5.86. The lowest BCUT2D eigenvalue weighted by molar-refractivity contribution is -0.141. The van der Waals surface area contributed by atoms with Crippen LogP contribution < -0.4 is 11.5 Å². The first-order valence-corrected chi connectivity index (χ1v) is 6.84. The molecule has 0 aliphatic carbocycles. The summed E-state index contributed by atoms with van der Waals surface area (Å²) in [6.07, 6.45) is 0. The summed E-state index contributed by atoms with van der Waals surface area (Å²) in [6.45, 7) is 0.250. The minimum Gasteiger partial charge on any atom is -0.460 e. The van der Waals surface area contributed by atoms with Crippen molar-refractivity contribution in [2.24, 2.45) is 0 Å². The molecule has 2 rings (SSSR count). The first kappa shape index (κ1) is 14.1. The number of hydrogen-bond acceptors (Lipinski definition) is 7. The lowest BCUT2D eigenvalue weighted by Crippen LogP contribution is -2.08. The highest BCUT2D eigenvalue weighted by Crippen LogP contribution is 2.16. The van der Waals surface area contributed by atoms with Gasteiger partial charge in [-0.3, -0.25) is 4.79 Å². The van der Waals surface area contributed by atoms with Gasteiger partial charge < -0.3 is 16.2 Å². The summed E-state index contributed by atoms with van der Waals surface area (Å²) in [6, 6.07) is 10.9. The zero-order valence-electron chi connectivity index (χ0n) is 10.7. The summed E-state index contributed by atoms with van der Waals surface area (Å²) in [7, 11) is 0. The number of anilines is 2. The normalized spacial score (nSPS) is 10.2. The van der Waals surface area contributed by atoms with E-state index >= 15 is 0 Å². The minimum absolute atomic E-state index is 0.107. The molecule has 0 aliphatic heterocycles. The zero-order chi connectivity index (χ0) is 14.4. The quantitative estimate of drug-likeness (QED) is 0.488. The summed E-state index contributed by atoms with van der Waals surface area (Å²) >= 11 is 1.14. The Labute approximate surface area is 120 Å². The molecule has 0 bridgehead atoms. The second kappa shape index (κ2) is 6.76. The van der Waals surface area contributed by atoms with E-state index in [4.69, 9.17) is 16.2 Å². The molecule has 0 saturated heterocycles. The number of aromatic nitrogens is 2. The summed E-state index contributed by atoms with van der Waals surface area (Å²) in [5, 5.41) is 0.360. The van der Waals surface area contributed by atoms with Crippen LogP contribution in [0.2, 0.25) is 0 Å². The Morgan fingerprint density at radius 3 is 2.45 bits per heavy atom. The number of carbonyl (C=O) groups excluding carboxylic acids is 1. The van der Waals surface area contributed by atoms with Crippen molar-refractivity contribution in [3.8, 4) is 0 Å². The zero-order valence-corrected chi connectivity index (χ0v) is 11.5.